The van der Waals surface area contributed by atoms with Crippen LogP contribution in [0.2, 0.25) is 0 Å². The van der Waals surface area contributed by atoms with Crippen molar-refractivity contribution >= 4 is 65.4 Å². The minimum Gasteiger partial charge on any atom is -0.456 e. The maximum absolute atomic E-state index is 6.40. The molecule has 0 unspecified atom stereocenters. The van der Waals surface area contributed by atoms with Gasteiger partial charge in [-0.3, -0.25) is 0 Å². The summed E-state index contributed by atoms with van der Waals surface area (Å²) in [7, 11) is 0. The Labute approximate surface area is 327 Å². The summed E-state index contributed by atoms with van der Waals surface area (Å²) in [6, 6.07) is 52.4. The summed E-state index contributed by atoms with van der Waals surface area (Å²) in [4.78, 5) is 0. The minimum atomic E-state index is -0.212. The first-order valence-electron chi connectivity index (χ1n) is 19.3. The average molecular weight is 717 g/mol. The van der Waals surface area contributed by atoms with Crippen LogP contribution in [0.25, 0.3) is 87.7 Å². The van der Waals surface area contributed by atoms with Crippen molar-refractivity contribution in [3.63, 3.8) is 0 Å². The van der Waals surface area contributed by atoms with E-state index in [1.807, 2.05) is 36.4 Å². The molecule has 0 N–H and O–H groups in total. The third-order valence-corrected chi connectivity index (χ3v) is 11.9. The highest BCUT2D eigenvalue weighted by molar-refractivity contribution is 6.22. The van der Waals surface area contributed by atoms with E-state index in [4.69, 9.17) is 4.42 Å². The fourth-order valence-electron chi connectivity index (χ4n) is 9.40. The van der Waals surface area contributed by atoms with Crippen molar-refractivity contribution in [1.29, 1.82) is 0 Å². The number of rotatable bonds is 7. The van der Waals surface area contributed by atoms with Crippen LogP contribution in [-0.2, 0) is 5.41 Å². The molecule has 1 heteroatoms. The lowest BCUT2D eigenvalue weighted by molar-refractivity contribution is 0.665. The number of allylic oxidation sites excluding steroid dienone is 7. The van der Waals surface area contributed by atoms with E-state index >= 15 is 0 Å². The Morgan fingerprint density at radius 2 is 1.21 bits per heavy atom. The van der Waals surface area contributed by atoms with Gasteiger partial charge in [-0.1, -0.05) is 173 Å². The molecule has 1 aromatic heterocycles. The van der Waals surface area contributed by atoms with E-state index in [0.717, 1.165) is 44.4 Å². The quantitative estimate of drug-likeness (QED) is 0.118. The van der Waals surface area contributed by atoms with Gasteiger partial charge in [-0.25, -0.2) is 0 Å². The Kier molecular flexibility index (Phi) is 7.69. The minimum absolute atomic E-state index is 0.212. The first-order valence-corrected chi connectivity index (χ1v) is 19.3. The fraction of sp³-hybridized carbons (Fsp3) is 0.0545. The van der Waals surface area contributed by atoms with Gasteiger partial charge in [-0.05, 0) is 124 Å². The maximum atomic E-state index is 6.40. The van der Waals surface area contributed by atoms with Gasteiger partial charge in [0.2, 0.25) is 0 Å². The predicted molar refractivity (Wildman–Crippen MR) is 241 cm³/mol. The van der Waals surface area contributed by atoms with Crippen LogP contribution in [0.5, 0.6) is 0 Å². The Hall–Kier alpha value is -6.96. The van der Waals surface area contributed by atoms with E-state index in [1.54, 1.807) is 0 Å². The number of fused-ring (bicyclic) bond motifs is 11. The van der Waals surface area contributed by atoms with Gasteiger partial charge in [0.15, 0.2) is 0 Å². The third-order valence-electron chi connectivity index (χ3n) is 11.9. The summed E-state index contributed by atoms with van der Waals surface area (Å²) in [6.45, 7) is 17.7. The fourth-order valence-corrected chi connectivity index (χ4v) is 9.40. The second-order valence-electron chi connectivity index (χ2n) is 15.4. The largest absolute Gasteiger partial charge is 0.456 e. The van der Waals surface area contributed by atoms with Gasteiger partial charge < -0.3 is 4.42 Å². The molecule has 266 valence electrons. The number of benzene rings is 8. The molecule has 8 aromatic carbocycles. The zero-order valence-corrected chi connectivity index (χ0v) is 31.7. The van der Waals surface area contributed by atoms with Crippen LogP contribution in [-0.4, -0.2) is 0 Å². The summed E-state index contributed by atoms with van der Waals surface area (Å²) in [5.74, 6) is 0. The number of furan rings is 1. The van der Waals surface area contributed by atoms with E-state index in [-0.39, 0.29) is 5.41 Å². The van der Waals surface area contributed by atoms with Crippen molar-refractivity contribution in [3.05, 3.63) is 217 Å². The van der Waals surface area contributed by atoms with Gasteiger partial charge in [0, 0.05) is 16.2 Å². The molecule has 1 aliphatic carbocycles. The lowest BCUT2D eigenvalue weighted by Gasteiger charge is -2.24. The lowest BCUT2D eigenvalue weighted by Crippen LogP contribution is -2.15. The normalized spacial score (nSPS) is 13.8. The molecule has 0 aliphatic heterocycles. The van der Waals surface area contributed by atoms with Gasteiger partial charge in [-0.15, -0.1) is 0 Å². The third kappa shape index (κ3) is 5.01. The van der Waals surface area contributed by atoms with Crippen LogP contribution < -0.4 is 0 Å². The topological polar surface area (TPSA) is 13.1 Å². The zero-order valence-electron chi connectivity index (χ0n) is 31.7. The molecule has 1 nitrogen and oxygen atoms in total. The predicted octanol–water partition coefficient (Wildman–Crippen LogP) is 15.4. The van der Waals surface area contributed by atoms with Crippen molar-refractivity contribution in [3.8, 4) is 22.3 Å². The molecule has 1 heterocycles. The van der Waals surface area contributed by atoms with Gasteiger partial charge in [0.05, 0.1) is 0 Å². The number of hydrogen-bond donors (Lipinski definition) is 0. The molecule has 0 bridgehead atoms. The smallest absolute Gasteiger partial charge is 0.136 e. The van der Waals surface area contributed by atoms with Crippen molar-refractivity contribution in [2.24, 2.45) is 0 Å². The molecule has 0 saturated heterocycles. The summed E-state index contributed by atoms with van der Waals surface area (Å²) >= 11 is 0. The maximum Gasteiger partial charge on any atom is 0.136 e. The standard InChI is InChI=1S/C55H40O/c1-6-35(32-36(7-2)37-17-9-8-10-18-37)31-34(3)50-40-19-11-13-21-42(40)51(43-22-14-12-20-41(43)50)39-26-29-47-46(33-39)44-28-25-38-27-30-49-53(52(38)54(44)55(47,4)5)45-23-15-16-24-48(45)56-49/h6-33H,1-3H2,4-5H3/b35-31+,36-32+. The molecule has 10 rings (SSSR count). The second-order valence-corrected chi connectivity index (χ2v) is 15.4. The molecular formula is C55H40O. The van der Waals surface area contributed by atoms with Gasteiger partial charge in [0.1, 0.15) is 11.2 Å². The summed E-state index contributed by atoms with van der Waals surface area (Å²) in [6.07, 6.45) is 8.07. The Morgan fingerprint density at radius 1 is 0.571 bits per heavy atom. The average Bonchev–Trinajstić information content (AvgIpc) is 3.73. The Bertz CT molecular complexity index is 3140. The molecule has 0 radical (unpaired) electrons. The first-order chi connectivity index (χ1) is 27.4. The van der Waals surface area contributed by atoms with E-state index in [0.29, 0.717) is 0 Å². The van der Waals surface area contributed by atoms with E-state index in [1.165, 1.54) is 71.1 Å². The second kappa shape index (κ2) is 12.8. The molecule has 1 aliphatic rings. The summed E-state index contributed by atoms with van der Waals surface area (Å²) < 4.78 is 6.40. The number of hydrogen-bond acceptors (Lipinski definition) is 1. The van der Waals surface area contributed by atoms with Crippen LogP contribution in [0.3, 0.4) is 0 Å². The molecule has 0 saturated carbocycles. The van der Waals surface area contributed by atoms with E-state index in [9.17, 15) is 0 Å². The molecule has 9 aromatic rings. The molecule has 0 spiro atoms. The van der Waals surface area contributed by atoms with Gasteiger partial charge in [-0.2, -0.15) is 0 Å². The van der Waals surface area contributed by atoms with E-state index < -0.39 is 0 Å². The van der Waals surface area contributed by atoms with Crippen LogP contribution in [0.15, 0.2) is 200 Å². The Balaban J connectivity index is 1.17. The van der Waals surface area contributed by atoms with Crippen LogP contribution in [0, 0.1) is 0 Å². The molecule has 56 heavy (non-hydrogen) atoms. The molecule has 0 amide bonds. The van der Waals surface area contributed by atoms with E-state index in [2.05, 4.69) is 167 Å². The first kappa shape index (κ1) is 33.6. The van der Waals surface area contributed by atoms with Crippen molar-refractivity contribution in [2.75, 3.05) is 0 Å². The van der Waals surface area contributed by atoms with Crippen molar-refractivity contribution in [2.45, 2.75) is 19.3 Å². The van der Waals surface area contributed by atoms with Gasteiger partial charge in [0.25, 0.3) is 0 Å². The van der Waals surface area contributed by atoms with Crippen molar-refractivity contribution in [1.82, 2.24) is 0 Å². The Morgan fingerprint density at radius 3 is 1.91 bits per heavy atom. The number of para-hydroxylation sites is 1. The summed E-state index contributed by atoms with van der Waals surface area (Å²) in [5.41, 5.74) is 14.5. The lowest BCUT2D eigenvalue weighted by atomic mass is 9.79. The highest BCUT2D eigenvalue weighted by atomic mass is 16.3. The molecule has 0 atom stereocenters. The van der Waals surface area contributed by atoms with Gasteiger partial charge >= 0.3 is 0 Å². The highest BCUT2D eigenvalue weighted by Crippen LogP contribution is 2.54. The molecule has 0 fully saturated rings. The molecular weight excluding hydrogens is 677 g/mol. The zero-order chi connectivity index (χ0) is 38.1. The SMILES string of the molecule is C=CC(=C\C(=C)c1c2ccccc2c(-c2ccc3c(c2)-c2ccc4ccc5oc6ccccc6c5c4c2C3(C)C)c2ccccc12)/C=C(\C=C)c1ccccc1. The monoisotopic (exact) mass is 716 g/mol. The highest BCUT2D eigenvalue weighted by Gasteiger charge is 2.38. The van der Waals surface area contributed by atoms with Crippen LogP contribution >= 0.6 is 0 Å². The summed E-state index contributed by atoms with van der Waals surface area (Å²) in [5, 5.41) is 9.63. The van der Waals surface area contributed by atoms with Crippen LogP contribution in [0.1, 0.15) is 36.1 Å². The van der Waals surface area contributed by atoms with Crippen LogP contribution in [0.4, 0.5) is 0 Å². The van der Waals surface area contributed by atoms with Crippen molar-refractivity contribution < 1.29 is 4.42 Å².